The van der Waals surface area contributed by atoms with Crippen LogP contribution in [-0.4, -0.2) is 112 Å². The molecule has 1 amide bonds. The molecule has 15 heteroatoms. The molecule has 244 valence electrons. The number of methoxy groups -OCH3 is 1. The summed E-state index contributed by atoms with van der Waals surface area (Å²) in [4.78, 5) is 62.5. The smallest absolute Gasteiger partial charge is 0.352 e. The molecule has 5 N–H and O–H groups in total. The Labute approximate surface area is 257 Å². The standard InChI is InChI=1S/C30H36N2O13/c1-14(43-28(40)16(5-7-22(35)36)31-21(34)13-17(33)26(37)38)27(39)44-19-8-9-30(41)20-12-15-4-6-18(42-3)24-23(15)29(30,25(19)45-24)10-11-32(20)2/h4,6,8,14,16-17,20,25,33,41H,5,7,9-13H2,1-3H3,(H,31,34)(H,35,36)(H,37,38)/t14-,16-,17-,20-,25-,29-,30+/m0/s1. The van der Waals surface area contributed by atoms with Crippen molar-refractivity contribution in [1.29, 1.82) is 0 Å². The molecule has 2 aliphatic carbocycles. The van der Waals surface area contributed by atoms with E-state index in [1.165, 1.54) is 14.0 Å². The summed E-state index contributed by atoms with van der Waals surface area (Å²) in [6, 6.07) is 2.00. The van der Waals surface area contributed by atoms with Crippen LogP contribution in [0.5, 0.6) is 11.5 Å². The van der Waals surface area contributed by atoms with Crippen molar-refractivity contribution in [3.63, 3.8) is 0 Å². The third-order valence-corrected chi connectivity index (χ3v) is 9.33. The maximum atomic E-state index is 13.3. The number of esters is 2. The van der Waals surface area contributed by atoms with Crippen LogP contribution in [0.25, 0.3) is 0 Å². The number of carbonyl (C=O) groups is 5. The highest BCUT2D eigenvalue weighted by Gasteiger charge is 2.72. The van der Waals surface area contributed by atoms with Crippen LogP contribution in [0.15, 0.2) is 24.0 Å². The van der Waals surface area contributed by atoms with E-state index in [4.69, 9.17) is 29.2 Å². The summed E-state index contributed by atoms with van der Waals surface area (Å²) in [5.74, 6) is -5.01. The number of likely N-dealkylation sites (N-methyl/N-ethyl adjacent to an activating group) is 1. The molecule has 15 nitrogen and oxygen atoms in total. The minimum absolute atomic E-state index is 0.139. The molecule has 4 aliphatic rings. The predicted octanol–water partition coefficient (Wildman–Crippen LogP) is -0.367. The van der Waals surface area contributed by atoms with E-state index in [0.29, 0.717) is 30.9 Å². The molecule has 1 spiro atoms. The highest BCUT2D eigenvalue weighted by atomic mass is 16.6. The third-order valence-electron chi connectivity index (χ3n) is 9.33. The number of rotatable bonds is 12. The zero-order valence-corrected chi connectivity index (χ0v) is 25.0. The number of nitrogens with one attached hydrogen (secondary N) is 1. The molecule has 2 bridgehead atoms. The molecule has 7 atom stereocenters. The van der Waals surface area contributed by atoms with E-state index in [1.54, 1.807) is 12.1 Å². The topological polar surface area (TPSA) is 218 Å². The molecule has 2 heterocycles. The Balaban J connectivity index is 1.34. The zero-order valence-electron chi connectivity index (χ0n) is 25.0. The molecule has 1 aromatic carbocycles. The van der Waals surface area contributed by atoms with Gasteiger partial charge in [-0.3, -0.25) is 9.59 Å². The molecule has 1 saturated heterocycles. The fourth-order valence-electron chi connectivity index (χ4n) is 7.12. The van der Waals surface area contributed by atoms with Crippen LogP contribution in [0.1, 0.15) is 50.2 Å². The van der Waals surface area contributed by atoms with E-state index in [0.717, 1.165) is 11.1 Å². The van der Waals surface area contributed by atoms with Crippen LogP contribution < -0.4 is 14.8 Å². The number of hydrogen-bond acceptors (Lipinski definition) is 12. The number of carboxylic acids is 2. The molecule has 2 aliphatic heterocycles. The zero-order chi connectivity index (χ0) is 32.8. The van der Waals surface area contributed by atoms with Gasteiger partial charge in [-0.25, -0.2) is 14.4 Å². The summed E-state index contributed by atoms with van der Waals surface area (Å²) in [5.41, 5.74) is -0.314. The van der Waals surface area contributed by atoms with Crippen LogP contribution in [0, 0.1) is 0 Å². The van der Waals surface area contributed by atoms with Crippen molar-refractivity contribution in [3.05, 3.63) is 35.1 Å². The monoisotopic (exact) mass is 632 g/mol. The maximum Gasteiger partial charge on any atom is 0.352 e. The summed E-state index contributed by atoms with van der Waals surface area (Å²) in [6.45, 7) is 1.89. The number of likely N-dealkylation sites (tertiary alicyclic amines) is 1. The number of amides is 1. The first kappa shape index (κ1) is 32.2. The summed E-state index contributed by atoms with van der Waals surface area (Å²) >= 11 is 0. The fourth-order valence-corrected chi connectivity index (χ4v) is 7.12. The van der Waals surface area contributed by atoms with Gasteiger partial charge in [-0.15, -0.1) is 0 Å². The highest BCUT2D eigenvalue weighted by Crippen LogP contribution is 2.65. The molecular formula is C30H36N2O13. The van der Waals surface area contributed by atoms with E-state index < -0.39 is 84.4 Å². The lowest BCUT2D eigenvalue weighted by atomic mass is 9.50. The van der Waals surface area contributed by atoms with Crippen LogP contribution >= 0.6 is 0 Å². The van der Waals surface area contributed by atoms with E-state index in [-0.39, 0.29) is 18.2 Å². The average molecular weight is 633 g/mol. The van der Waals surface area contributed by atoms with Gasteiger partial charge in [-0.05, 0) is 57.5 Å². The number of hydrogen-bond donors (Lipinski definition) is 5. The number of benzene rings is 1. The van der Waals surface area contributed by atoms with Crippen LogP contribution in [0.3, 0.4) is 0 Å². The summed E-state index contributed by atoms with van der Waals surface area (Å²) in [7, 11) is 3.48. The Hall–Kier alpha value is -4.21. The lowest BCUT2D eigenvalue weighted by Gasteiger charge is -2.61. The van der Waals surface area contributed by atoms with E-state index in [2.05, 4.69) is 10.2 Å². The van der Waals surface area contributed by atoms with Crippen molar-refractivity contribution < 1.29 is 63.3 Å². The second kappa shape index (κ2) is 11.9. The number of nitrogens with zero attached hydrogens (tertiary/aromatic N) is 1. The molecular weight excluding hydrogens is 596 g/mol. The first-order valence-electron chi connectivity index (χ1n) is 14.6. The molecule has 5 rings (SSSR count). The number of carbonyl (C=O) groups excluding carboxylic acids is 3. The second-order valence-electron chi connectivity index (χ2n) is 11.9. The number of carboxylic acid groups (broad SMARTS) is 2. The Morgan fingerprint density at radius 1 is 1.18 bits per heavy atom. The highest BCUT2D eigenvalue weighted by molar-refractivity contribution is 5.89. The fraction of sp³-hybridized carbons (Fsp3) is 0.567. The third kappa shape index (κ3) is 5.38. The van der Waals surface area contributed by atoms with Gasteiger partial charge in [0.2, 0.25) is 5.91 Å². The Bertz CT molecular complexity index is 1460. The van der Waals surface area contributed by atoms with Crippen molar-refractivity contribution in [2.24, 2.45) is 0 Å². The number of ether oxygens (including phenoxy) is 4. The Morgan fingerprint density at radius 2 is 1.91 bits per heavy atom. The minimum Gasteiger partial charge on any atom is -0.493 e. The van der Waals surface area contributed by atoms with Gasteiger partial charge in [-0.1, -0.05) is 6.07 Å². The van der Waals surface area contributed by atoms with Crippen molar-refractivity contribution in [1.82, 2.24) is 10.2 Å². The van der Waals surface area contributed by atoms with Gasteiger partial charge in [0, 0.05) is 24.4 Å². The molecule has 0 aromatic heterocycles. The molecule has 0 saturated carbocycles. The van der Waals surface area contributed by atoms with Gasteiger partial charge in [-0.2, -0.15) is 0 Å². The normalized spacial score (nSPS) is 27.9. The Kier molecular flexibility index (Phi) is 8.55. The lowest BCUT2D eigenvalue weighted by Crippen LogP contribution is -2.74. The quantitative estimate of drug-likeness (QED) is 0.186. The van der Waals surface area contributed by atoms with Gasteiger partial charge >= 0.3 is 23.9 Å². The molecule has 0 radical (unpaired) electrons. The molecule has 45 heavy (non-hydrogen) atoms. The summed E-state index contributed by atoms with van der Waals surface area (Å²) < 4.78 is 23.0. The van der Waals surface area contributed by atoms with Gasteiger partial charge in [0.1, 0.15) is 11.8 Å². The SMILES string of the molecule is COc1ccc2c3c1O[C@H]1C(OC(=O)[C@H](C)OC(=O)[C@H](CCC(=O)O)NC(=O)C[C@H](O)C(=O)O)=CC[C@@]4(O)[C@H](C2)N(C)CC[C@]314. The van der Waals surface area contributed by atoms with Crippen LogP contribution in [-0.2, 0) is 45.3 Å². The van der Waals surface area contributed by atoms with Crippen LogP contribution in [0.2, 0.25) is 0 Å². The number of piperidine rings is 1. The molecule has 0 unspecified atom stereocenters. The second-order valence-corrected chi connectivity index (χ2v) is 11.9. The van der Waals surface area contributed by atoms with Crippen molar-refractivity contribution in [2.75, 3.05) is 20.7 Å². The van der Waals surface area contributed by atoms with E-state index >= 15 is 0 Å². The predicted molar refractivity (Wildman–Crippen MR) is 150 cm³/mol. The van der Waals surface area contributed by atoms with Gasteiger partial charge in [0.15, 0.2) is 29.8 Å². The van der Waals surface area contributed by atoms with Gasteiger partial charge in [0.25, 0.3) is 0 Å². The number of aliphatic hydroxyl groups is 2. The molecule has 1 fully saturated rings. The average Bonchev–Trinajstić information content (AvgIpc) is 3.34. The first-order valence-corrected chi connectivity index (χ1v) is 14.6. The minimum atomic E-state index is -2.04. The van der Waals surface area contributed by atoms with Crippen molar-refractivity contribution >= 4 is 29.8 Å². The largest absolute Gasteiger partial charge is 0.493 e. The van der Waals surface area contributed by atoms with E-state index in [1.807, 2.05) is 13.1 Å². The van der Waals surface area contributed by atoms with Crippen molar-refractivity contribution in [2.45, 2.75) is 86.9 Å². The number of aliphatic hydroxyl groups excluding tert-OH is 1. The summed E-state index contributed by atoms with van der Waals surface area (Å²) in [5, 5.41) is 41.8. The molecule has 1 aromatic rings. The number of aliphatic carboxylic acids is 2. The van der Waals surface area contributed by atoms with Gasteiger partial charge < -0.3 is 49.6 Å². The van der Waals surface area contributed by atoms with E-state index in [9.17, 15) is 34.2 Å². The first-order chi connectivity index (χ1) is 21.2. The van der Waals surface area contributed by atoms with Crippen molar-refractivity contribution in [3.8, 4) is 11.5 Å². The van der Waals surface area contributed by atoms with Crippen LogP contribution in [0.4, 0.5) is 0 Å². The Morgan fingerprint density at radius 3 is 2.58 bits per heavy atom. The maximum absolute atomic E-state index is 13.3. The summed E-state index contributed by atoms with van der Waals surface area (Å²) in [6.07, 6.45) is -3.43. The lowest BCUT2D eigenvalue weighted by molar-refractivity contribution is -0.176. The van der Waals surface area contributed by atoms with Gasteiger partial charge in [0.05, 0.1) is 24.5 Å².